The molecule has 0 aliphatic heterocycles. The average molecular weight is 301 g/mol. The number of anilines is 1. The maximum atomic E-state index is 5.99. The summed E-state index contributed by atoms with van der Waals surface area (Å²) in [7, 11) is 0. The van der Waals surface area contributed by atoms with Crippen LogP contribution in [0.3, 0.4) is 0 Å². The fourth-order valence-electron chi connectivity index (χ4n) is 1.35. The van der Waals surface area contributed by atoms with Gasteiger partial charge in [0.25, 0.3) is 0 Å². The first-order valence-electron chi connectivity index (χ1n) is 4.92. The van der Waals surface area contributed by atoms with Crippen molar-refractivity contribution in [3.8, 4) is 0 Å². The third-order valence-corrected chi connectivity index (χ3v) is 3.38. The van der Waals surface area contributed by atoms with E-state index in [4.69, 9.17) is 11.6 Å². The molecular weight excluding hydrogens is 289 g/mol. The number of hydrogen-bond acceptors (Lipinski definition) is 2. The highest BCUT2D eigenvalue weighted by molar-refractivity contribution is 9.10. The molecule has 0 unspecified atom stereocenters. The largest absolute Gasteiger partial charge is 0.383 e. The van der Waals surface area contributed by atoms with E-state index in [-0.39, 0.29) is 0 Å². The van der Waals surface area contributed by atoms with Crippen LogP contribution in [0, 0.1) is 0 Å². The molecule has 0 bridgehead atoms. The van der Waals surface area contributed by atoms with Crippen LogP contribution in [0.15, 0.2) is 41.1 Å². The van der Waals surface area contributed by atoms with E-state index in [1.54, 1.807) is 6.20 Å². The summed E-state index contributed by atoms with van der Waals surface area (Å²) in [5.74, 6) is 0. The van der Waals surface area contributed by atoms with Gasteiger partial charge >= 0.3 is 0 Å². The Labute approximate surface area is 108 Å². The summed E-state index contributed by atoms with van der Waals surface area (Å²) in [6.45, 7) is 1.65. The van der Waals surface area contributed by atoms with Gasteiger partial charge in [-0.3, -0.25) is 4.68 Å². The van der Waals surface area contributed by atoms with E-state index >= 15 is 0 Å². The zero-order valence-corrected chi connectivity index (χ0v) is 10.9. The molecule has 0 amide bonds. The molecule has 0 saturated carbocycles. The number of aromatic nitrogens is 2. The van der Waals surface area contributed by atoms with Crippen molar-refractivity contribution in [2.45, 2.75) is 6.54 Å². The van der Waals surface area contributed by atoms with E-state index in [1.807, 2.05) is 35.1 Å². The van der Waals surface area contributed by atoms with Crippen molar-refractivity contribution >= 4 is 33.2 Å². The summed E-state index contributed by atoms with van der Waals surface area (Å²) >= 11 is 9.34. The van der Waals surface area contributed by atoms with Gasteiger partial charge in [-0.2, -0.15) is 5.10 Å². The van der Waals surface area contributed by atoms with Gasteiger partial charge in [-0.1, -0.05) is 11.6 Å². The van der Waals surface area contributed by atoms with Crippen LogP contribution in [0.1, 0.15) is 0 Å². The molecule has 0 aliphatic rings. The second-order valence-electron chi connectivity index (χ2n) is 3.32. The molecule has 16 heavy (non-hydrogen) atoms. The number of nitrogens with one attached hydrogen (secondary N) is 1. The Morgan fingerprint density at radius 3 is 3.00 bits per heavy atom. The predicted molar refractivity (Wildman–Crippen MR) is 69.9 cm³/mol. The first-order valence-corrected chi connectivity index (χ1v) is 6.09. The molecule has 1 heterocycles. The normalized spacial score (nSPS) is 10.4. The Morgan fingerprint density at radius 1 is 1.44 bits per heavy atom. The van der Waals surface area contributed by atoms with Gasteiger partial charge in [-0.25, -0.2) is 0 Å². The Kier molecular flexibility index (Phi) is 3.85. The topological polar surface area (TPSA) is 29.9 Å². The van der Waals surface area contributed by atoms with Crippen LogP contribution in [0.2, 0.25) is 5.02 Å². The van der Waals surface area contributed by atoms with Crippen LogP contribution >= 0.6 is 27.5 Å². The monoisotopic (exact) mass is 299 g/mol. The quantitative estimate of drug-likeness (QED) is 0.938. The lowest BCUT2D eigenvalue weighted by atomic mass is 10.3. The summed E-state index contributed by atoms with van der Waals surface area (Å²) in [4.78, 5) is 0. The van der Waals surface area contributed by atoms with Crippen LogP contribution < -0.4 is 5.32 Å². The molecule has 0 spiro atoms. The van der Waals surface area contributed by atoms with Gasteiger partial charge in [-0.15, -0.1) is 0 Å². The first kappa shape index (κ1) is 11.5. The van der Waals surface area contributed by atoms with E-state index in [9.17, 15) is 0 Å². The Morgan fingerprint density at radius 2 is 2.31 bits per heavy atom. The highest BCUT2D eigenvalue weighted by Crippen LogP contribution is 2.25. The van der Waals surface area contributed by atoms with Gasteiger partial charge in [0.1, 0.15) is 0 Å². The number of halogens is 2. The minimum Gasteiger partial charge on any atom is -0.383 e. The molecular formula is C11H11BrClN3. The average Bonchev–Trinajstić information content (AvgIpc) is 2.76. The van der Waals surface area contributed by atoms with Crippen LogP contribution in [-0.4, -0.2) is 16.3 Å². The van der Waals surface area contributed by atoms with Crippen molar-refractivity contribution in [1.29, 1.82) is 0 Å². The SMILES string of the molecule is Clc1cc(NCCn2cccn2)ccc1Br. The number of nitrogens with zero attached hydrogens (tertiary/aromatic N) is 2. The summed E-state index contributed by atoms with van der Waals surface area (Å²) in [5, 5.41) is 8.12. The second-order valence-corrected chi connectivity index (χ2v) is 4.59. The van der Waals surface area contributed by atoms with Crippen molar-refractivity contribution in [3.05, 3.63) is 46.2 Å². The lowest BCUT2D eigenvalue weighted by Gasteiger charge is -2.07. The van der Waals surface area contributed by atoms with Crippen LogP contribution in [-0.2, 0) is 6.54 Å². The Hall–Kier alpha value is -1.00. The fraction of sp³-hybridized carbons (Fsp3) is 0.182. The maximum absolute atomic E-state index is 5.99. The van der Waals surface area contributed by atoms with Crippen LogP contribution in [0.4, 0.5) is 5.69 Å². The van der Waals surface area contributed by atoms with Crippen molar-refractivity contribution in [2.75, 3.05) is 11.9 Å². The van der Waals surface area contributed by atoms with Gasteiger partial charge < -0.3 is 5.32 Å². The molecule has 1 N–H and O–H groups in total. The minimum absolute atomic E-state index is 0.712. The molecule has 1 aromatic carbocycles. The third-order valence-electron chi connectivity index (χ3n) is 2.15. The molecule has 2 rings (SSSR count). The molecule has 0 fully saturated rings. The second kappa shape index (κ2) is 5.37. The van der Waals surface area contributed by atoms with E-state index < -0.39 is 0 Å². The smallest absolute Gasteiger partial charge is 0.0582 e. The summed E-state index contributed by atoms with van der Waals surface area (Å²) in [5.41, 5.74) is 1.01. The van der Waals surface area contributed by atoms with E-state index in [2.05, 4.69) is 26.3 Å². The summed E-state index contributed by atoms with van der Waals surface area (Å²) in [6, 6.07) is 7.73. The standard InChI is InChI=1S/C11H11BrClN3/c12-10-3-2-9(8-11(10)13)14-5-7-16-6-1-4-15-16/h1-4,6,8,14H,5,7H2. The summed E-state index contributed by atoms with van der Waals surface area (Å²) < 4.78 is 2.79. The van der Waals surface area contributed by atoms with Crippen LogP contribution in [0.5, 0.6) is 0 Å². The molecule has 5 heteroatoms. The fourth-order valence-corrected chi connectivity index (χ4v) is 1.78. The molecule has 2 aromatic rings. The zero-order valence-electron chi connectivity index (χ0n) is 8.53. The lowest BCUT2D eigenvalue weighted by Crippen LogP contribution is -2.10. The highest BCUT2D eigenvalue weighted by Gasteiger charge is 1.98. The molecule has 0 radical (unpaired) electrons. The molecule has 84 valence electrons. The van der Waals surface area contributed by atoms with Crippen LogP contribution in [0.25, 0.3) is 0 Å². The molecule has 0 saturated heterocycles. The third kappa shape index (κ3) is 3.00. The Balaban J connectivity index is 1.87. The van der Waals surface area contributed by atoms with Gasteiger partial charge in [0, 0.05) is 29.1 Å². The number of hydrogen-bond donors (Lipinski definition) is 1. The predicted octanol–water partition coefficient (Wildman–Crippen LogP) is 3.41. The van der Waals surface area contributed by atoms with Crippen molar-refractivity contribution in [1.82, 2.24) is 9.78 Å². The van der Waals surface area contributed by atoms with Gasteiger partial charge in [0.05, 0.1) is 11.6 Å². The molecule has 1 aromatic heterocycles. The van der Waals surface area contributed by atoms with E-state index in [0.29, 0.717) is 5.02 Å². The lowest BCUT2D eigenvalue weighted by molar-refractivity contribution is 0.638. The van der Waals surface area contributed by atoms with Gasteiger partial charge in [-0.05, 0) is 40.2 Å². The maximum Gasteiger partial charge on any atom is 0.0582 e. The van der Waals surface area contributed by atoms with E-state index in [1.165, 1.54) is 0 Å². The molecule has 0 atom stereocenters. The molecule has 0 aliphatic carbocycles. The van der Waals surface area contributed by atoms with E-state index in [0.717, 1.165) is 23.2 Å². The molecule has 3 nitrogen and oxygen atoms in total. The summed E-state index contributed by atoms with van der Waals surface area (Å²) in [6.07, 6.45) is 3.72. The highest BCUT2D eigenvalue weighted by atomic mass is 79.9. The number of rotatable bonds is 4. The first-order chi connectivity index (χ1) is 7.75. The van der Waals surface area contributed by atoms with Crippen molar-refractivity contribution in [2.24, 2.45) is 0 Å². The Bertz CT molecular complexity index is 456. The van der Waals surface area contributed by atoms with Crippen molar-refractivity contribution in [3.63, 3.8) is 0 Å². The van der Waals surface area contributed by atoms with Gasteiger partial charge in [0.2, 0.25) is 0 Å². The van der Waals surface area contributed by atoms with Crippen molar-refractivity contribution < 1.29 is 0 Å². The van der Waals surface area contributed by atoms with Gasteiger partial charge in [0.15, 0.2) is 0 Å². The number of benzene rings is 1. The zero-order chi connectivity index (χ0) is 11.4. The minimum atomic E-state index is 0.712.